The lowest BCUT2D eigenvalue weighted by Gasteiger charge is -2.36. The Labute approximate surface area is 180 Å². The quantitative estimate of drug-likeness (QED) is 0.140. The molecule has 15 nitrogen and oxygen atoms in total. The minimum absolute atomic E-state index is 0.0497. The van der Waals surface area contributed by atoms with Crippen LogP contribution in [0.4, 0.5) is 0 Å². The Bertz CT molecular complexity index is 975. The normalized spacial score (nSPS) is 32.8. The summed E-state index contributed by atoms with van der Waals surface area (Å²) in [6, 6.07) is 0. The third-order valence-electron chi connectivity index (χ3n) is 3.75. The van der Waals surface area contributed by atoms with Crippen molar-refractivity contribution in [2.45, 2.75) is 24.0 Å². The molecule has 0 aromatic rings. The van der Waals surface area contributed by atoms with Crippen molar-refractivity contribution >= 4 is 40.1 Å². The van der Waals surface area contributed by atoms with Crippen LogP contribution in [0, 0.1) is 12.3 Å². The molecule has 19 heteroatoms. The maximum atomic E-state index is 11.5. The number of carbonyl (C=O) groups excluding carboxylic acids is 1. The van der Waals surface area contributed by atoms with Crippen molar-refractivity contribution in [1.29, 1.82) is 0 Å². The smallest absolute Gasteiger partial charge is 0.386 e. The minimum atomic E-state index is -5.54. The number of terminal acetylenes is 1. The summed E-state index contributed by atoms with van der Waals surface area (Å²) in [5.74, 6) is 1.38. The van der Waals surface area contributed by atoms with Crippen molar-refractivity contribution in [2.75, 3.05) is 6.61 Å². The van der Waals surface area contributed by atoms with Crippen molar-refractivity contribution in [1.82, 2.24) is 10.2 Å². The summed E-state index contributed by atoms with van der Waals surface area (Å²) < 4.78 is 39.9. The van der Waals surface area contributed by atoms with E-state index < -0.39 is 58.9 Å². The second-order valence-corrected chi connectivity index (χ2v) is 11.8. The number of carbonyl (C=O) groups is 1. The van der Waals surface area contributed by atoms with E-state index in [1.807, 2.05) is 5.92 Å². The lowest BCUT2D eigenvalue weighted by Crippen LogP contribution is -2.54. The Morgan fingerprint density at radius 1 is 1.35 bits per heavy atom. The van der Waals surface area contributed by atoms with Gasteiger partial charge in [0.25, 0.3) is 5.91 Å². The SMILES string of the molecule is C#C[C@@]1(O)[C@H](O)[C@@H](CO[P@](O)(=S)OP(=O)(O)OP(=O)(O)O)O[C@H]1N1C=CC(=O)NC1=C. The van der Waals surface area contributed by atoms with Gasteiger partial charge in [0.1, 0.15) is 18.0 Å². The summed E-state index contributed by atoms with van der Waals surface area (Å²) in [4.78, 5) is 48.7. The molecule has 2 heterocycles. The molecule has 0 aromatic carbocycles. The number of ether oxygens (including phenoxy) is 1. The molecule has 2 aliphatic heterocycles. The van der Waals surface area contributed by atoms with Crippen molar-refractivity contribution in [3.8, 4) is 12.3 Å². The predicted octanol–water partition coefficient (Wildman–Crippen LogP) is -1.69. The fourth-order valence-electron chi connectivity index (χ4n) is 2.51. The fraction of sp³-hybridized carbons (Fsp3) is 0.417. The Kier molecular flexibility index (Phi) is 7.72. The Morgan fingerprint density at radius 3 is 2.48 bits per heavy atom. The standard InChI is InChI=1S/C12H17N2O13P3S/c1-3-12(17)10(16)8(25-11(12)14-5-4-9(15)13-7(14)2)6-24-30(23,31)27-29(21,22)26-28(18,19)20/h1,4-5,8,10-11,16-17H,2,6H2,(H,13,15)(H,21,22)(H,23,31)(H2,18,19,20)/t8-,10-,11-,12-,30+/m1/s1. The number of nitrogens with one attached hydrogen (secondary N) is 1. The van der Waals surface area contributed by atoms with Gasteiger partial charge in [0.15, 0.2) is 11.8 Å². The van der Waals surface area contributed by atoms with Crippen molar-refractivity contribution in [3.05, 3.63) is 24.7 Å². The van der Waals surface area contributed by atoms with Gasteiger partial charge in [-0.05, 0) is 11.8 Å². The lowest BCUT2D eigenvalue weighted by molar-refractivity contribution is -0.120. The summed E-state index contributed by atoms with van der Waals surface area (Å²) in [5.41, 5.74) is -2.38. The van der Waals surface area contributed by atoms with Crippen LogP contribution in [-0.4, -0.2) is 71.2 Å². The van der Waals surface area contributed by atoms with Gasteiger partial charge in [-0.1, -0.05) is 12.5 Å². The van der Waals surface area contributed by atoms with Gasteiger partial charge in [0.05, 0.1) is 6.61 Å². The van der Waals surface area contributed by atoms with E-state index in [4.69, 9.17) is 25.5 Å². The molecule has 2 rings (SSSR count). The van der Waals surface area contributed by atoms with Crippen molar-refractivity contribution in [3.63, 3.8) is 0 Å². The monoisotopic (exact) mass is 522 g/mol. The molecule has 0 saturated carbocycles. The van der Waals surface area contributed by atoms with Crippen LogP contribution in [0.3, 0.4) is 0 Å². The molecule has 0 aliphatic carbocycles. The van der Waals surface area contributed by atoms with E-state index in [2.05, 4.69) is 32.3 Å². The number of aliphatic hydroxyl groups excluding tert-OH is 1. The summed E-state index contributed by atoms with van der Waals surface area (Å²) in [6.45, 7) is -1.98. The molecule has 0 bridgehead atoms. The molecule has 1 amide bonds. The molecular formula is C12H17N2O13P3S. The van der Waals surface area contributed by atoms with Crippen LogP contribution in [0.15, 0.2) is 24.7 Å². The predicted molar refractivity (Wildman–Crippen MR) is 103 cm³/mol. The largest absolute Gasteiger partial charge is 0.488 e. The molecule has 7 N–H and O–H groups in total. The van der Waals surface area contributed by atoms with E-state index in [1.165, 1.54) is 6.20 Å². The highest BCUT2D eigenvalue weighted by Gasteiger charge is 2.57. The number of amides is 1. The highest BCUT2D eigenvalue weighted by Crippen LogP contribution is 2.66. The van der Waals surface area contributed by atoms with E-state index in [0.29, 0.717) is 0 Å². The molecule has 1 saturated heterocycles. The molecule has 2 aliphatic rings. The van der Waals surface area contributed by atoms with Gasteiger partial charge in [-0.2, -0.15) is 4.31 Å². The third kappa shape index (κ3) is 6.52. The van der Waals surface area contributed by atoms with Gasteiger partial charge in [-0.25, -0.2) is 13.4 Å². The zero-order valence-electron chi connectivity index (χ0n) is 15.1. The summed E-state index contributed by atoms with van der Waals surface area (Å²) in [7, 11) is -11.0. The molecule has 31 heavy (non-hydrogen) atoms. The highest BCUT2D eigenvalue weighted by molar-refractivity contribution is 8.08. The highest BCUT2D eigenvalue weighted by atomic mass is 32.5. The average molecular weight is 522 g/mol. The number of aliphatic hydroxyl groups is 2. The van der Waals surface area contributed by atoms with Gasteiger partial charge in [0, 0.05) is 12.3 Å². The maximum Gasteiger partial charge on any atom is 0.488 e. The molecule has 174 valence electrons. The Hall–Kier alpha value is -0.980. The van der Waals surface area contributed by atoms with Gasteiger partial charge in [-0.15, -0.1) is 6.42 Å². The summed E-state index contributed by atoms with van der Waals surface area (Å²) in [5, 5.41) is 23.4. The van der Waals surface area contributed by atoms with Crippen LogP contribution < -0.4 is 5.32 Å². The van der Waals surface area contributed by atoms with E-state index >= 15 is 0 Å². The average Bonchev–Trinajstić information content (AvgIpc) is 2.82. The Morgan fingerprint density at radius 2 is 1.97 bits per heavy atom. The fourth-order valence-corrected chi connectivity index (χ4v) is 6.49. The first-order valence-corrected chi connectivity index (χ1v) is 13.4. The maximum absolute atomic E-state index is 11.5. The number of phosphoric acid groups is 2. The molecule has 0 radical (unpaired) electrons. The zero-order chi connectivity index (χ0) is 23.8. The van der Waals surface area contributed by atoms with Crippen LogP contribution in [0.1, 0.15) is 0 Å². The van der Waals surface area contributed by atoms with Crippen LogP contribution >= 0.6 is 22.4 Å². The van der Waals surface area contributed by atoms with Crippen molar-refractivity contribution < 1.29 is 61.6 Å². The van der Waals surface area contributed by atoms with Crippen LogP contribution in [0.25, 0.3) is 0 Å². The molecule has 1 unspecified atom stereocenters. The first-order chi connectivity index (χ1) is 14.0. The van der Waals surface area contributed by atoms with Gasteiger partial charge >= 0.3 is 22.4 Å². The van der Waals surface area contributed by atoms with E-state index in [1.54, 1.807) is 0 Å². The summed E-state index contributed by atoms with van der Waals surface area (Å²) >= 11 is 4.46. The number of nitrogens with zero attached hydrogens (tertiary/aromatic N) is 1. The topological polar surface area (TPSA) is 225 Å². The number of hydrogen-bond donors (Lipinski definition) is 7. The first kappa shape index (κ1) is 26.3. The second-order valence-electron chi connectivity index (χ2n) is 5.99. The molecular weight excluding hydrogens is 505 g/mol. The van der Waals surface area contributed by atoms with E-state index in [0.717, 1.165) is 11.0 Å². The molecule has 0 aromatic heterocycles. The number of hydrogen-bond acceptors (Lipinski definition) is 11. The lowest BCUT2D eigenvalue weighted by atomic mass is 9.94. The molecule has 1 fully saturated rings. The van der Waals surface area contributed by atoms with E-state index in [9.17, 15) is 33.9 Å². The zero-order valence-corrected chi connectivity index (χ0v) is 18.6. The van der Waals surface area contributed by atoms with Crippen LogP contribution in [0.2, 0.25) is 0 Å². The minimum Gasteiger partial charge on any atom is -0.386 e. The van der Waals surface area contributed by atoms with Crippen LogP contribution in [0.5, 0.6) is 0 Å². The third-order valence-corrected chi connectivity index (χ3v) is 8.47. The number of rotatable bonds is 8. The second kappa shape index (κ2) is 9.11. The van der Waals surface area contributed by atoms with Gasteiger partial charge in [0.2, 0.25) is 0 Å². The first-order valence-electron chi connectivity index (χ1n) is 7.78. The van der Waals surface area contributed by atoms with E-state index in [-0.39, 0.29) is 5.82 Å². The molecule has 0 spiro atoms. The van der Waals surface area contributed by atoms with Gasteiger partial charge < -0.3 is 49.3 Å². The Balaban J connectivity index is 2.13. The summed E-state index contributed by atoms with van der Waals surface area (Å²) in [6.07, 6.45) is 2.70. The van der Waals surface area contributed by atoms with Crippen molar-refractivity contribution in [2.24, 2.45) is 0 Å². The molecule has 6 atom stereocenters. The van der Waals surface area contributed by atoms with Gasteiger partial charge in [-0.3, -0.25) is 4.79 Å². The van der Waals surface area contributed by atoms with Crippen LogP contribution in [-0.2, 0) is 43.6 Å².